The first kappa shape index (κ1) is 14.8. The molecule has 2 aromatic carbocycles. The summed E-state index contributed by atoms with van der Waals surface area (Å²) in [6.07, 6.45) is 0. The van der Waals surface area contributed by atoms with Gasteiger partial charge in [0.2, 0.25) is 0 Å². The summed E-state index contributed by atoms with van der Waals surface area (Å²) in [5.41, 5.74) is 7.77. The van der Waals surface area contributed by atoms with Gasteiger partial charge in [-0.05, 0) is 35.9 Å². The van der Waals surface area contributed by atoms with Gasteiger partial charge >= 0.3 is 0 Å². The van der Waals surface area contributed by atoms with Crippen LogP contribution in [0.4, 0.5) is 5.69 Å². The first-order valence-corrected chi connectivity index (χ1v) is 7.22. The second-order valence-corrected chi connectivity index (χ2v) is 5.60. The summed E-state index contributed by atoms with van der Waals surface area (Å²) in [5, 5.41) is 1.61. The lowest BCUT2D eigenvalue weighted by atomic mass is 9.99. The van der Waals surface area contributed by atoms with Crippen molar-refractivity contribution in [2.24, 2.45) is 0 Å². The number of pyridine rings is 1. The van der Waals surface area contributed by atoms with Crippen molar-refractivity contribution >= 4 is 39.8 Å². The maximum Gasteiger partial charge on any atom is 0.272 e. The molecule has 0 bridgehead atoms. The van der Waals surface area contributed by atoms with Crippen molar-refractivity contribution in [1.29, 1.82) is 0 Å². The molecule has 112 valence electrons. The molecule has 1 heterocycles. The lowest BCUT2D eigenvalue weighted by molar-refractivity contribution is 0.415. The van der Waals surface area contributed by atoms with Gasteiger partial charge in [0, 0.05) is 16.5 Å². The number of anilines is 1. The third-order valence-corrected chi connectivity index (χ3v) is 4.21. The van der Waals surface area contributed by atoms with Crippen LogP contribution in [0.1, 0.15) is 0 Å². The summed E-state index contributed by atoms with van der Waals surface area (Å²) >= 11 is 12.0. The molecule has 6 heteroatoms. The smallest absolute Gasteiger partial charge is 0.272 e. The first-order valence-electron chi connectivity index (χ1n) is 6.46. The first-order chi connectivity index (χ1) is 10.5. The van der Waals surface area contributed by atoms with E-state index in [1.54, 1.807) is 37.4 Å². The number of aromatic nitrogens is 1. The minimum atomic E-state index is -0.348. The van der Waals surface area contributed by atoms with E-state index in [0.717, 1.165) is 10.9 Å². The van der Waals surface area contributed by atoms with E-state index in [-0.39, 0.29) is 11.2 Å². The largest absolute Gasteiger partial charge is 0.497 e. The van der Waals surface area contributed by atoms with E-state index >= 15 is 0 Å². The highest BCUT2D eigenvalue weighted by molar-refractivity contribution is 6.42. The Labute approximate surface area is 136 Å². The molecule has 1 aromatic heterocycles. The molecule has 0 atom stereocenters. The Balaban J connectivity index is 2.41. The summed E-state index contributed by atoms with van der Waals surface area (Å²) in [6, 6.07) is 10.5. The van der Waals surface area contributed by atoms with Gasteiger partial charge in [0.15, 0.2) is 0 Å². The second-order valence-electron chi connectivity index (χ2n) is 4.78. The summed E-state index contributed by atoms with van der Waals surface area (Å²) in [7, 11) is 1.58. The van der Waals surface area contributed by atoms with Crippen molar-refractivity contribution in [2.45, 2.75) is 0 Å². The molecule has 3 N–H and O–H groups in total. The number of nitrogens with one attached hydrogen (secondary N) is 1. The molecular formula is C16H12Cl2N2O2. The Morgan fingerprint density at radius 2 is 1.86 bits per heavy atom. The molecule has 0 unspecified atom stereocenters. The number of methoxy groups -OCH3 is 1. The number of aromatic amines is 1. The standard InChI is InChI=1S/C16H12Cl2N2O2/c1-22-9-3-5-13-10(7-9)14(15(19)16(21)20-13)8-2-4-11(17)12(18)6-8/h2-7H,19H2,1H3,(H,20,21). The van der Waals surface area contributed by atoms with E-state index in [2.05, 4.69) is 4.98 Å². The molecule has 0 spiro atoms. The number of H-pyrrole nitrogens is 1. The molecule has 0 aliphatic rings. The number of nitrogen functional groups attached to an aromatic ring is 1. The third-order valence-electron chi connectivity index (χ3n) is 3.47. The van der Waals surface area contributed by atoms with Gasteiger partial charge in [-0.15, -0.1) is 0 Å². The molecule has 0 amide bonds. The van der Waals surface area contributed by atoms with Crippen LogP contribution in [0.15, 0.2) is 41.2 Å². The molecule has 3 aromatic rings. The van der Waals surface area contributed by atoms with Crippen LogP contribution in [0.5, 0.6) is 5.75 Å². The molecule has 4 nitrogen and oxygen atoms in total. The monoisotopic (exact) mass is 334 g/mol. The van der Waals surface area contributed by atoms with Crippen LogP contribution >= 0.6 is 23.2 Å². The number of benzene rings is 2. The number of ether oxygens (including phenoxy) is 1. The van der Waals surface area contributed by atoms with Crippen molar-refractivity contribution in [3.05, 3.63) is 56.8 Å². The lowest BCUT2D eigenvalue weighted by Gasteiger charge is -2.12. The number of hydrogen-bond acceptors (Lipinski definition) is 3. The van der Waals surface area contributed by atoms with Gasteiger partial charge in [-0.1, -0.05) is 29.3 Å². The fourth-order valence-corrected chi connectivity index (χ4v) is 2.68. The third kappa shape index (κ3) is 2.40. The van der Waals surface area contributed by atoms with Gasteiger partial charge in [0.25, 0.3) is 5.56 Å². The van der Waals surface area contributed by atoms with Crippen LogP contribution in [0.3, 0.4) is 0 Å². The fraction of sp³-hybridized carbons (Fsp3) is 0.0625. The Bertz CT molecular complexity index is 935. The SMILES string of the molecule is COc1ccc2[nH]c(=O)c(N)c(-c3ccc(Cl)c(Cl)c3)c2c1. The minimum Gasteiger partial charge on any atom is -0.497 e. The van der Waals surface area contributed by atoms with Crippen LogP contribution < -0.4 is 16.0 Å². The van der Waals surface area contributed by atoms with Crippen molar-refractivity contribution in [2.75, 3.05) is 12.8 Å². The predicted molar refractivity (Wildman–Crippen MR) is 91.0 cm³/mol. The zero-order valence-corrected chi connectivity index (χ0v) is 13.1. The molecule has 0 saturated heterocycles. The van der Waals surface area contributed by atoms with Gasteiger partial charge in [-0.25, -0.2) is 0 Å². The summed E-state index contributed by atoms with van der Waals surface area (Å²) in [5.74, 6) is 0.667. The molecule has 3 rings (SSSR count). The maximum atomic E-state index is 12.1. The van der Waals surface area contributed by atoms with Crippen LogP contribution in [0.25, 0.3) is 22.0 Å². The average Bonchev–Trinajstić information content (AvgIpc) is 2.51. The second kappa shape index (κ2) is 5.55. The van der Waals surface area contributed by atoms with E-state index in [9.17, 15) is 4.79 Å². The van der Waals surface area contributed by atoms with E-state index in [0.29, 0.717) is 26.9 Å². The molecule has 0 fully saturated rings. The fourth-order valence-electron chi connectivity index (χ4n) is 2.38. The van der Waals surface area contributed by atoms with Crippen molar-refractivity contribution in [3.63, 3.8) is 0 Å². The van der Waals surface area contributed by atoms with Gasteiger partial charge in [-0.3, -0.25) is 4.79 Å². The number of halogens is 2. The van der Waals surface area contributed by atoms with E-state index in [1.807, 2.05) is 6.07 Å². The van der Waals surface area contributed by atoms with Gasteiger partial charge in [0.05, 0.1) is 17.2 Å². The predicted octanol–water partition coefficient (Wildman–Crippen LogP) is 4.09. The molecule has 22 heavy (non-hydrogen) atoms. The number of fused-ring (bicyclic) bond motifs is 1. The molecular weight excluding hydrogens is 323 g/mol. The van der Waals surface area contributed by atoms with Gasteiger partial charge in [-0.2, -0.15) is 0 Å². The highest BCUT2D eigenvalue weighted by atomic mass is 35.5. The van der Waals surface area contributed by atoms with Crippen molar-refractivity contribution in [1.82, 2.24) is 4.98 Å². The number of hydrogen-bond donors (Lipinski definition) is 2. The normalized spacial score (nSPS) is 10.9. The maximum absolute atomic E-state index is 12.1. The minimum absolute atomic E-state index is 0.124. The summed E-state index contributed by atoms with van der Waals surface area (Å²) < 4.78 is 5.25. The summed E-state index contributed by atoms with van der Waals surface area (Å²) in [4.78, 5) is 14.8. The quantitative estimate of drug-likeness (QED) is 0.741. The Hall–Kier alpha value is -2.17. The Morgan fingerprint density at radius 3 is 2.55 bits per heavy atom. The topological polar surface area (TPSA) is 68.1 Å². The van der Waals surface area contributed by atoms with E-state index in [1.165, 1.54) is 0 Å². The molecule has 0 aliphatic heterocycles. The zero-order chi connectivity index (χ0) is 15.9. The number of rotatable bonds is 2. The summed E-state index contributed by atoms with van der Waals surface area (Å²) in [6.45, 7) is 0. The molecule has 0 saturated carbocycles. The van der Waals surface area contributed by atoms with Crippen LogP contribution in [0, 0.1) is 0 Å². The lowest BCUT2D eigenvalue weighted by Crippen LogP contribution is -2.13. The van der Waals surface area contributed by atoms with E-state index < -0.39 is 0 Å². The molecule has 0 aliphatic carbocycles. The molecule has 0 radical (unpaired) electrons. The van der Waals surface area contributed by atoms with Crippen molar-refractivity contribution in [3.8, 4) is 16.9 Å². The zero-order valence-electron chi connectivity index (χ0n) is 11.6. The highest BCUT2D eigenvalue weighted by Gasteiger charge is 2.14. The Kier molecular flexibility index (Phi) is 3.72. The highest BCUT2D eigenvalue weighted by Crippen LogP contribution is 2.35. The van der Waals surface area contributed by atoms with Crippen LogP contribution in [-0.4, -0.2) is 12.1 Å². The van der Waals surface area contributed by atoms with Crippen LogP contribution in [0.2, 0.25) is 10.0 Å². The average molecular weight is 335 g/mol. The number of nitrogens with two attached hydrogens (primary N) is 1. The van der Waals surface area contributed by atoms with Crippen molar-refractivity contribution < 1.29 is 4.74 Å². The van der Waals surface area contributed by atoms with E-state index in [4.69, 9.17) is 33.7 Å². The van der Waals surface area contributed by atoms with Crippen LogP contribution in [-0.2, 0) is 0 Å². The van der Waals surface area contributed by atoms with Gasteiger partial charge < -0.3 is 15.5 Å². The Morgan fingerprint density at radius 1 is 1.09 bits per heavy atom. The van der Waals surface area contributed by atoms with Gasteiger partial charge in [0.1, 0.15) is 11.4 Å².